The van der Waals surface area contributed by atoms with E-state index in [1.165, 1.54) is 0 Å². The van der Waals surface area contributed by atoms with Crippen LogP contribution in [0.2, 0.25) is 0 Å². The monoisotopic (exact) mass is 192 g/mol. The summed E-state index contributed by atoms with van der Waals surface area (Å²) in [4.78, 5) is 18.9. The third kappa shape index (κ3) is 8.45. The number of rotatable bonds is 0. The van der Waals surface area contributed by atoms with Crippen LogP contribution in [0.25, 0.3) is 0 Å². The summed E-state index contributed by atoms with van der Waals surface area (Å²) in [6.45, 7) is 3.03. The van der Waals surface area contributed by atoms with Crippen LogP contribution in [0.1, 0.15) is 13.3 Å². The van der Waals surface area contributed by atoms with Crippen molar-refractivity contribution in [3.05, 3.63) is 0 Å². The summed E-state index contributed by atoms with van der Waals surface area (Å²) in [5, 5.41) is 13.9. The smallest absolute Gasteiger partial charge is 0.450 e. The largest absolute Gasteiger partial charge is 0.508 e. The fraction of sp³-hybridized carbons (Fsp3) is 0.714. The molecule has 0 aliphatic carbocycles. The van der Waals surface area contributed by atoms with Gasteiger partial charge >= 0.3 is 12.3 Å². The second-order valence-electron chi connectivity index (χ2n) is 2.59. The normalized spacial score (nSPS) is 21.3. The molecule has 6 heteroatoms. The fourth-order valence-electron chi connectivity index (χ4n) is 0.679. The zero-order valence-corrected chi connectivity index (χ0v) is 7.23. The van der Waals surface area contributed by atoms with Gasteiger partial charge in [0.05, 0.1) is 13.2 Å². The Bertz CT molecular complexity index is 174. The molecule has 0 saturated carbocycles. The summed E-state index contributed by atoms with van der Waals surface area (Å²) >= 11 is 0. The molecule has 0 spiro atoms. The molecule has 1 atom stereocenters. The SMILES string of the molecule is CC1CCOC(=O)OC1.O=C(O)O. The summed E-state index contributed by atoms with van der Waals surface area (Å²) in [5.74, 6) is 0.441. The zero-order valence-electron chi connectivity index (χ0n) is 7.23. The maximum absolute atomic E-state index is 10.4. The van der Waals surface area contributed by atoms with E-state index in [0.29, 0.717) is 19.1 Å². The summed E-state index contributed by atoms with van der Waals surface area (Å²) in [6, 6.07) is 0. The lowest BCUT2D eigenvalue weighted by molar-refractivity contribution is 0.0702. The van der Waals surface area contributed by atoms with Crippen molar-refractivity contribution in [1.29, 1.82) is 0 Å². The van der Waals surface area contributed by atoms with E-state index >= 15 is 0 Å². The Morgan fingerprint density at radius 1 is 1.46 bits per heavy atom. The van der Waals surface area contributed by atoms with Crippen LogP contribution in [0.15, 0.2) is 0 Å². The minimum atomic E-state index is -1.83. The molecule has 2 N–H and O–H groups in total. The number of carboxylic acid groups (broad SMARTS) is 2. The number of cyclic esters (lactones) is 2. The predicted molar refractivity (Wildman–Crippen MR) is 41.7 cm³/mol. The van der Waals surface area contributed by atoms with Gasteiger partial charge in [-0.3, -0.25) is 0 Å². The molecule has 1 heterocycles. The summed E-state index contributed by atoms with van der Waals surface area (Å²) in [6.07, 6.45) is -1.45. The lowest BCUT2D eigenvalue weighted by Gasteiger charge is -2.00. The molecule has 1 rings (SSSR count). The van der Waals surface area contributed by atoms with Crippen LogP contribution in [0.3, 0.4) is 0 Å². The Morgan fingerprint density at radius 2 is 2.00 bits per heavy atom. The van der Waals surface area contributed by atoms with Crippen LogP contribution in [0.5, 0.6) is 0 Å². The van der Waals surface area contributed by atoms with E-state index in [4.69, 9.17) is 15.0 Å². The Hall–Kier alpha value is -1.46. The van der Waals surface area contributed by atoms with Crippen molar-refractivity contribution in [2.75, 3.05) is 13.2 Å². The topological polar surface area (TPSA) is 93.1 Å². The molecule has 6 nitrogen and oxygen atoms in total. The molecule has 13 heavy (non-hydrogen) atoms. The highest BCUT2D eigenvalue weighted by molar-refractivity contribution is 5.59. The molecular weight excluding hydrogens is 180 g/mol. The van der Waals surface area contributed by atoms with Gasteiger partial charge in [0.15, 0.2) is 0 Å². The van der Waals surface area contributed by atoms with Crippen LogP contribution in [-0.2, 0) is 9.47 Å². The molecule has 1 saturated heterocycles. The summed E-state index contributed by atoms with van der Waals surface area (Å²) in [7, 11) is 0. The molecule has 0 bridgehead atoms. The summed E-state index contributed by atoms with van der Waals surface area (Å²) in [5.41, 5.74) is 0. The first-order chi connectivity index (χ1) is 6.02. The van der Waals surface area contributed by atoms with E-state index in [9.17, 15) is 4.79 Å². The molecule has 0 amide bonds. The molecule has 1 fully saturated rings. The molecule has 0 aromatic rings. The van der Waals surface area contributed by atoms with Crippen LogP contribution < -0.4 is 0 Å². The minimum absolute atomic E-state index is 0.441. The predicted octanol–water partition coefficient (Wildman–Crippen LogP) is 1.40. The number of hydrogen-bond acceptors (Lipinski definition) is 4. The number of carbonyl (C=O) groups excluding carboxylic acids is 1. The van der Waals surface area contributed by atoms with Crippen LogP contribution >= 0.6 is 0 Å². The van der Waals surface area contributed by atoms with E-state index in [0.717, 1.165) is 6.42 Å². The van der Waals surface area contributed by atoms with Crippen molar-refractivity contribution in [3.8, 4) is 0 Å². The molecule has 1 aliphatic rings. The Labute approximate surface area is 75.1 Å². The van der Waals surface area contributed by atoms with Gasteiger partial charge in [0, 0.05) is 0 Å². The van der Waals surface area contributed by atoms with Crippen molar-refractivity contribution in [2.45, 2.75) is 13.3 Å². The molecule has 76 valence electrons. The van der Waals surface area contributed by atoms with Gasteiger partial charge in [-0.25, -0.2) is 9.59 Å². The number of carbonyl (C=O) groups is 2. The fourth-order valence-corrected chi connectivity index (χ4v) is 0.679. The molecule has 0 radical (unpaired) electrons. The Balaban J connectivity index is 0.000000310. The van der Waals surface area contributed by atoms with E-state index in [-0.39, 0.29) is 0 Å². The van der Waals surface area contributed by atoms with Crippen LogP contribution in [-0.4, -0.2) is 35.7 Å². The molecule has 0 aromatic heterocycles. The highest BCUT2D eigenvalue weighted by Crippen LogP contribution is 2.07. The molecule has 0 aromatic carbocycles. The Kier molecular flexibility index (Phi) is 5.42. The first kappa shape index (κ1) is 11.5. The quantitative estimate of drug-likeness (QED) is 0.563. The minimum Gasteiger partial charge on any atom is -0.450 e. The van der Waals surface area contributed by atoms with Crippen molar-refractivity contribution in [3.63, 3.8) is 0 Å². The van der Waals surface area contributed by atoms with Gasteiger partial charge in [-0.05, 0) is 12.3 Å². The van der Waals surface area contributed by atoms with Gasteiger partial charge in [0.2, 0.25) is 0 Å². The van der Waals surface area contributed by atoms with E-state index in [1.807, 2.05) is 6.92 Å². The standard InChI is InChI=1S/C6H10O3.CH2O3/c1-5-2-3-8-6(7)9-4-5;2-1(3)4/h5H,2-4H2,1H3;(H2,2,3,4). The maximum Gasteiger partial charge on any atom is 0.508 e. The van der Waals surface area contributed by atoms with Crippen LogP contribution in [0, 0.1) is 5.92 Å². The van der Waals surface area contributed by atoms with E-state index < -0.39 is 12.3 Å². The van der Waals surface area contributed by atoms with Gasteiger partial charge in [-0.2, -0.15) is 0 Å². The first-order valence-corrected chi connectivity index (χ1v) is 3.73. The van der Waals surface area contributed by atoms with Crippen molar-refractivity contribution in [1.82, 2.24) is 0 Å². The van der Waals surface area contributed by atoms with Crippen molar-refractivity contribution >= 4 is 12.3 Å². The molecule has 1 aliphatic heterocycles. The first-order valence-electron chi connectivity index (χ1n) is 3.73. The lowest BCUT2D eigenvalue weighted by atomic mass is 10.1. The second-order valence-corrected chi connectivity index (χ2v) is 2.59. The van der Waals surface area contributed by atoms with Crippen LogP contribution in [0.4, 0.5) is 9.59 Å². The maximum atomic E-state index is 10.4. The zero-order chi connectivity index (χ0) is 10.3. The average Bonchev–Trinajstić information content (AvgIpc) is 2.15. The molecular formula is C7H12O6. The van der Waals surface area contributed by atoms with Crippen molar-refractivity contribution in [2.24, 2.45) is 5.92 Å². The molecule has 1 unspecified atom stereocenters. The number of ether oxygens (including phenoxy) is 2. The third-order valence-corrected chi connectivity index (χ3v) is 1.32. The van der Waals surface area contributed by atoms with Gasteiger partial charge in [0.1, 0.15) is 0 Å². The van der Waals surface area contributed by atoms with Gasteiger partial charge < -0.3 is 19.7 Å². The Morgan fingerprint density at radius 3 is 2.54 bits per heavy atom. The second kappa shape index (κ2) is 6.10. The highest BCUT2D eigenvalue weighted by atomic mass is 16.7. The van der Waals surface area contributed by atoms with Gasteiger partial charge in [0.25, 0.3) is 0 Å². The van der Waals surface area contributed by atoms with Crippen molar-refractivity contribution < 1.29 is 29.3 Å². The van der Waals surface area contributed by atoms with E-state index in [1.54, 1.807) is 0 Å². The summed E-state index contributed by atoms with van der Waals surface area (Å²) < 4.78 is 9.27. The lowest BCUT2D eigenvalue weighted by Crippen LogP contribution is -2.05. The van der Waals surface area contributed by atoms with Gasteiger partial charge in [-0.1, -0.05) is 6.92 Å². The number of hydrogen-bond donors (Lipinski definition) is 2. The average molecular weight is 192 g/mol. The van der Waals surface area contributed by atoms with Gasteiger partial charge in [-0.15, -0.1) is 0 Å². The van der Waals surface area contributed by atoms with E-state index in [2.05, 4.69) is 9.47 Å². The highest BCUT2D eigenvalue weighted by Gasteiger charge is 2.13. The third-order valence-electron chi connectivity index (χ3n) is 1.32.